The van der Waals surface area contributed by atoms with E-state index in [0.717, 1.165) is 6.29 Å². The van der Waals surface area contributed by atoms with Gasteiger partial charge in [0, 0.05) is 18.6 Å². The lowest BCUT2D eigenvalue weighted by molar-refractivity contribution is -0.108. The van der Waals surface area contributed by atoms with Crippen molar-refractivity contribution in [1.29, 1.82) is 0 Å². The zero-order valence-electron chi connectivity index (χ0n) is 8.22. The van der Waals surface area contributed by atoms with Crippen molar-refractivity contribution in [2.45, 2.75) is 12.8 Å². The zero-order chi connectivity index (χ0) is 10.9. The molecule has 0 bridgehead atoms. The molecule has 0 aliphatic heterocycles. The Morgan fingerprint density at radius 2 is 2.07 bits per heavy atom. The summed E-state index contributed by atoms with van der Waals surface area (Å²) in [6.07, 6.45) is 1.99. The second kappa shape index (κ2) is 6.95. The minimum atomic E-state index is 0.0899. The first kappa shape index (κ1) is 11.7. The Kier molecular flexibility index (Phi) is 5.40. The highest BCUT2D eigenvalue weighted by Gasteiger charge is 1.99. The van der Waals surface area contributed by atoms with Crippen LogP contribution in [0.15, 0.2) is 30.3 Å². The van der Waals surface area contributed by atoms with Gasteiger partial charge >= 0.3 is 5.24 Å². The number of ether oxygens (including phenoxy) is 2. The van der Waals surface area contributed by atoms with Crippen molar-refractivity contribution in [1.82, 2.24) is 0 Å². The minimum Gasteiger partial charge on any atom is -0.457 e. The number of aldehydes is 1. The first-order valence-corrected chi connectivity index (χ1v) is 5.07. The summed E-state index contributed by atoms with van der Waals surface area (Å²) in [5.74, 6) is 0.651. The van der Waals surface area contributed by atoms with E-state index in [0.29, 0.717) is 25.2 Å². The lowest BCUT2D eigenvalue weighted by atomic mass is 10.3. The van der Waals surface area contributed by atoms with Crippen molar-refractivity contribution >= 4 is 23.7 Å². The summed E-state index contributed by atoms with van der Waals surface area (Å²) >= 11 is 4.85. The van der Waals surface area contributed by atoms with E-state index in [1.807, 2.05) is 18.2 Å². The maximum atomic E-state index is 10.0. The van der Waals surface area contributed by atoms with Gasteiger partial charge in [-0.2, -0.15) is 0 Å². The van der Waals surface area contributed by atoms with Crippen LogP contribution in [0.4, 0.5) is 0 Å². The number of para-hydroxylation sites is 1. The largest absolute Gasteiger partial charge is 0.457 e. The fraction of sp³-hybridized carbons (Fsp3) is 0.273. The third-order valence-corrected chi connectivity index (χ3v) is 1.83. The SMILES string of the molecule is O=CCCCOC(=S)Oc1ccccc1. The molecule has 0 aromatic heterocycles. The Morgan fingerprint density at radius 1 is 1.33 bits per heavy atom. The predicted molar refractivity (Wildman–Crippen MR) is 60.9 cm³/mol. The van der Waals surface area contributed by atoms with E-state index in [2.05, 4.69) is 0 Å². The van der Waals surface area contributed by atoms with Gasteiger partial charge in [0.2, 0.25) is 0 Å². The molecule has 80 valence electrons. The molecule has 0 atom stereocenters. The number of rotatable bonds is 5. The van der Waals surface area contributed by atoms with Gasteiger partial charge in [0.05, 0.1) is 6.61 Å². The lowest BCUT2D eigenvalue weighted by Gasteiger charge is -2.07. The molecule has 1 rings (SSSR count). The molecule has 3 nitrogen and oxygen atoms in total. The average Bonchev–Trinajstić information content (AvgIpc) is 2.26. The Morgan fingerprint density at radius 3 is 2.73 bits per heavy atom. The van der Waals surface area contributed by atoms with Gasteiger partial charge in [0.1, 0.15) is 12.0 Å². The van der Waals surface area contributed by atoms with Gasteiger partial charge in [0.25, 0.3) is 0 Å². The summed E-state index contributed by atoms with van der Waals surface area (Å²) in [5, 5.41) is 0.0899. The first-order valence-electron chi connectivity index (χ1n) is 4.66. The lowest BCUT2D eigenvalue weighted by Crippen LogP contribution is -2.11. The normalized spacial score (nSPS) is 9.33. The number of thiocarbonyl (C=S) groups is 1. The number of carbonyl (C=O) groups excluding carboxylic acids is 1. The minimum absolute atomic E-state index is 0.0899. The fourth-order valence-corrected chi connectivity index (χ4v) is 1.12. The number of hydrogen-bond donors (Lipinski definition) is 0. The van der Waals surface area contributed by atoms with Gasteiger partial charge in [0.15, 0.2) is 0 Å². The van der Waals surface area contributed by atoms with Crippen molar-refractivity contribution in [3.05, 3.63) is 30.3 Å². The zero-order valence-corrected chi connectivity index (χ0v) is 9.03. The van der Waals surface area contributed by atoms with Crippen LogP contribution in [0.5, 0.6) is 5.75 Å². The highest BCUT2D eigenvalue weighted by molar-refractivity contribution is 7.79. The molecule has 0 unspecified atom stereocenters. The van der Waals surface area contributed by atoms with Crippen LogP contribution in [0.1, 0.15) is 12.8 Å². The van der Waals surface area contributed by atoms with E-state index < -0.39 is 0 Å². The van der Waals surface area contributed by atoms with Crippen LogP contribution in [0, 0.1) is 0 Å². The Labute approximate surface area is 94.0 Å². The van der Waals surface area contributed by atoms with Crippen molar-refractivity contribution < 1.29 is 14.3 Å². The average molecular weight is 224 g/mol. The van der Waals surface area contributed by atoms with Gasteiger partial charge < -0.3 is 14.3 Å². The smallest absolute Gasteiger partial charge is 0.357 e. The van der Waals surface area contributed by atoms with Crippen LogP contribution in [0.25, 0.3) is 0 Å². The molecule has 4 heteroatoms. The van der Waals surface area contributed by atoms with Crippen LogP contribution in [-0.4, -0.2) is 18.1 Å². The highest BCUT2D eigenvalue weighted by Crippen LogP contribution is 2.09. The molecule has 0 aliphatic rings. The third-order valence-electron chi connectivity index (χ3n) is 1.63. The molecule has 0 saturated heterocycles. The van der Waals surface area contributed by atoms with Gasteiger partial charge in [-0.05, 0) is 18.6 Å². The van der Waals surface area contributed by atoms with Gasteiger partial charge in [-0.3, -0.25) is 0 Å². The summed E-state index contributed by atoms with van der Waals surface area (Å²) in [6, 6.07) is 9.18. The highest BCUT2D eigenvalue weighted by atomic mass is 32.1. The number of benzene rings is 1. The van der Waals surface area contributed by atoms with Crippen molar-refractivity contribution in [3.8, 4) is 5.75 Å². The Bertz CT molecular complexity index is 311. The van der Waals surface area contributed by atoms with E-state index in [1.165, 1.54) is 0 Å². The maximum absolute atomic E-state index is 10.0. The van der Waals surface area contributed by atoms with Gasteiger partial charge in [-0.25, -0.2) is 0 Å². The topological polar surface area (TPSA) is 35.5 Å². The van der Waals surface area contributed by atoms with Crippen LogP contribution in [0.2, 0.25) is 0 Å². The monoisotopic (exact) mass is 224 g/mol. The van der Waals surface area contributed by atoms with E-state index >= 15 is 0 Å². The van der Waals surface area contributed by atoms with Crippen LogP contribution in [0.3, 0.4) is 0 Å². The second-order valence-electron chi connectivity index (χ2n) is 2.82. The summed E-state index contributed by atoms with van der Waals surface area (Å²) in [7, 11) is 0. The Hall–Kier alpha value is -1.42. The van der Waals surface area contributed by atoms with Gasteiger partial charge in [-0.1, -0.05) is 18.2 Å². The van der Waals surface area contributed by atoms with E-state index in [9.17, 15) is 4.79 Å². The number of hydrogen-bond acceptors (Lipinski definition) is 4. The van der Waals surface area contributed by atoms with Crippen LogP contribution in [-0.2, 0) is 9.53 Å². The molecule has 15 heavy (non-hydrogen) atoms. The molecule has 0 radical (unpaired) electrons. The summed E-state index contributed by atoms with van der Waals surface area (Å²) in [5.41, 5.74) is 0. The molecule has 0 saturated carbocycles. The molecule has 1 aromatic carbocycles. The maximum Gasteiger partial charge on any atom is 0.357 e. The van der Waals surface area contributed by atoms with Gasteiger partial charge in [-0.15, -0.1) is 0 Å². The standard InChI is InChI=1S/C11H12O3S/c12-8-4-5-9-13-11(15)14-10-6-2-1-3-7-10/h1-3,6-8H,4-5,9H2. The quantitative estimate of drug-likeness (QED) is 0.437. The number of carbonyl (C=O) groups is 1. The molecule has 0 spiro atoms. The van der Waals surface area contributed by atoms with E-state index in [1.54, 1.807) is 12.1 Å². The van der Waals surface area contributed by atoms with Crippen molar-refractivity contribution in [3.63, 3.8) is 0 Å². The molecule has 0 fully saturated rings. The molecular formula is C11H12O3S. The number of unbranched alkanes of at least 4 members (excludes halogenated alkanes) is 1. The summed E-state index contributed by atoms with van der Waals surface area (Å²) < 4.78 is 10.3. The molecule has 0 heterocycles. The van der Waals surface area contributed by atoms with Crippen molar-refractivity contribution in [2.24, 2.45) is 0 Å². The summed E-state index contributed by atoms with van der Waals surface area (Å²) in [6.45, 7) is 0.407. The second-order valence-corrected chi connectivity index (χ2v) is 3.16. The molecular weight excluding hydrogens is 212 g/mol. The van der Waals surface area contributed by atoms with Crippen LogP contribution < -0.4 is 4.74 Å². The summed E-state index contributed by atoms with van der Waals surface area (Å²) in [4.78, 5) is 10.0. The Balaban J connectivity index is 2.22. The van der Waals surface area contributed by atoms with Crippen molar-refractivity contribution in [2.75, 3.05) is 6.61 Å². The fourth-order valence-electron chi connectivity index (χ4n) is 0.936. The molecule has 0 aliphatic carbocycles. The first-order chi connectivity index (χ1) is 7.33. The molecule has 1 aromatic rings. The molecule has 0 amide bonds. The van der Waals surface area contributed by atoms with E-state index in [-0.39, 0.29) is 5.24 Å². The van der Waals surface area contributed by atoms with Crippen LogP contribution >= 0.6 is 12.2 Å². The molecule has 0 N–H and O–H groups in total. The predicted octanol–water partition coefficient (Wildman–Crippen LogP) is 2.35. The van der Waals surface area contributed by atoms with E-state index in [4.69, 9.17) is 21.7 Å². The third kappa shape index (κ3) is 5.12.